The zero-order chi connectivity index (χ0) is 11.4. The Morgan fingerprint density at radius 2 is 2.20 bits per heavy atom. The number of methoxy groups -OCH3 is 1. The summed E-state index contributed by atoms with van der Waals surface area (Å²) in [4.78, 5) is 10.9. The van der Waals surface area contributed by atoms with Crippen LogP contribution in [0, 0.1) is 0 Å². The molecule has 0 aliphatic carbocycles. The minimum Gasteiger partial charge on any atom is -0.497 e. The monoisotopic (exact) mass is 230 g/mol. The second-order valence-electron chi connectivity index (χ2n) is 2.72. The van der Waals surface area contributed by atoms with Crippen LogP contribution in [0.15, 0.2) is 12.1 Å². The molecule has 0 aromatic heterocycles. The van der Waals surface area contributed by atoms with Gasteiger partial charge < -0.3 is 14.6 Å². The molecule has 1 N–H and O–H groups in total. The highest BCUT2D eigenvalue weighted by atomic mass is 35.5. The van der Waals surface area contributed by atoms with E-state index in [4.69, 9.17) is 26.2 Å². The SMILES string of the molecule is CCOc1c(Cl)cc(OC)cc1C(=O)O. The van der Waals surface area contributed by atoms with E-state index in [0.29, 0.717) is 12.4 Å². The van der Waals surface area contributed by atoms with Crippen LogP contribution < -0.4 is 9.47 Å². The standard InChI is InChI=1S/C10H11ClO4/c1-3-15-9-7(10(12)13)4-6(14-2)5-8(9)11/h4-5H,3H2,1-2H3,(H,12,13). The molecule has 0 spiro atoms. The fourth-order valence-corrected chi connectivity index (χ4v) is 1.40. The van der Waals surface area contributed by atoms with Gasteiger partial charge in [-0.2, -0.15) is 0 Å². The fraction of sp³-hybridized carbons (Fsp3) is 0.300. The van der Waals surface area contributed by atoms with Gasteiger partial charge in [0.05, 0.1) is 18.7 Å². The number of halogens is 1. The summed E-state index contributed by atoms with van der Waals surface area (Å²) in [6, 6.07) is 2.89. The van der Waals surface area contributed by atoms with Crippen LogP contribution in [-0.4, -0.2) is 24.8 Å². The Hall–Kier alpha value is -1.42. The van der Waals surface area contributed by atoms with Crippen molar-refractivity contribution >= 4 is 17.6 Å². The van der Waals surface area contributed by atoms with E-state index in [9.17, 15) is 4.79 Å². The topological polar surface area (TPSA) is 55.8 Å². The summed E-state index contributed by atoms with van der Waals surface area (Å²) in [7, 11) is 1.44. The summed E-state index contributed by atoms with van der Waals surface area (Å²) in [5.74, 6) is -0.535. The maximum absolute atomic E-state index is 10.9. The molecule has 4 nitrogen and oxygen atoms in total. The second kappa shape index (κ2) is 4.89. The Morgan fingerprint density at radius 3 is 2.67 bits per heavy atom. The van der Waals surface area contributed by atoms with Crippen molar-refractivity contribution in [2.24, 2.45) is 0 Å². The summed E-state index contributed by atoms with van der Waals surface area (Å²) < 4.78 is 10.1. The van der Waals surface area contributed by atoms with Crippen molar-refractivity contribution in [2.75, 3.05) is 13.7 Å². The predicted molar refractivity (Wildman–Crippen MR) is 56.1 cm³/mol. The number of carboxylic acid groups (broad SMARTS) is 1. The third kappa shape index (κ3) is 2.53. The van der Waals surface area contributed by atoms with Gasteiger partial charge in [0.1, 0.15) is 11.3 Å². The number of rotatable bonds is 4. The lowest BCUT2D eigenvalue weighted by Gasteiger charge is -2.10. The minimum absolute atomic E-state index is 0.00111. The molecule has 0 saturated heterocycles. The molecule has 0 heterocycles. The largest absolute Gasteiger partial charge is 0.497 e. The van der Waals surface area contributed by atoms with E-state index in [2.05, 4.69) is 0 Å². The van der Waals surface area contributed by atoms with Gasteiger partial charge in [0.15, 0.2) is 5.75 Å². The van der Waals surface area contributed by atoms with Crippen LogP contribution in [0.4, 0.5) is 0 Å². The summed E-state index contributed by atoms with van der Waals surface area (Å²) in [6.45, 7) is 2.11. The Bertz CT molecular complexity index is 376. The first kappa shape index (κ1) is 11.7. The Kier molecular flexibility index (Phi) is 3.80. The van der Waals surface area contributed by atoms with Gasteiger partial charge in [0.2, 0.25) is 0 Å². The molecule has 0 bridgehead atoms. The van der Waals surface area contributed by atoms with Crippen molar-refractivity contribution < 1.29 is 19.4 Å². The molecule has 1 aromatic rings. The maximum atomic E-state index is 10.9. The lowest BCUT2D eigenvalue weighted by Crippen LogP contribution is -2.04. The molecular formula is C10H11ClO4. The normalized spacial score (nSPS) is 9.80. The van der Waals surface area contributed by atoms with Gasteiger partial charge in [0, 0.05) is 6.07 Å². The van der Waals surface area contributed by atoms with E-state index in [1.165, 1.54) is 19.2 Å². The molecule has 0 radical (unpaired) electrons. The van der Waals surface area contributed by atoms with Crippen LogP contribution in [0.1, 0.15) is 17.3 Å². The first-order chi connectivity index (χ1) is 7.10. The van der Waals surface area contributed by atoms with E-state index in [1.807, 2.05) is 0 Å². The molecular weight excluding hydrogens is 220 g/mol. The first-order valence-electron chi connectivity index (χ1n) is 4.33. The molecule has 0 fully saturated rings. The average molecular weight is 231 g/mol. The van der Waals surface area contributed by atoms with Gasteiger partial charge in [-0.05, 0) is 13.0 Å². The second-order valence-corrected chi connectivity index (χ2v) is 3.13. The van der Waals surface area contributed by atoms with E-state index in [-0.39, 0.29) is 16.3 Å². The number of ether oxygens (including phenoxy) is 2. The van der Waals surface area contributed by atoms with Gasteiger partial charge >= 0.3 is 5.97 Å². The van der Waals surface area contributed by atoms with Gasteiger partial charge in [0.25, 0.3) is 0 Å². The van der Waals surface area contributed by atoms with Crippen LogP contribution in [0.3, 0.4) is 0 Å². The predicted octanol–water partition coefficient (Wildman–Crippen LogP) is 2.45. The molecule has 0 amide bonds. The molecule has 82 valence electrons. The number of carbonyl (C=O) groups is 1. The van der Waals surface area contributed by atoms with Crippen molar-refractivity contribution in [1.82, 2.24) is 0 Å². The smallest absolute Gasteiger partial charge is 0.339 e. The Morgan fingerprint density at radius 1 is 1.53 bits per heavy atom. The van der Waals surface area contributed by atoms with Crippen molar-refractivity contribution in [3.63, 3.8) is 0 Å². The van der Waals surface area contributed by atoms with Crippen LogP contribution >= 0.6 is 11.6 Å². The molecule has 0 unspecified atom stereocenters. The van der Waals surface area contributed by atoms with Crippen LogP contribution in [0.25, 0.3) is 0 Å². The molecule has 0 atom stereocenters. The van der Waals surface area contributed by atoms with Crippen molar-refractivity contribution in [3.05, 3.63) is 22.7 Å². The zero-order valence-electron chi connectivity index (χ0n) is 8.41. The minimum atomic E-state index is -1.10. The van der Waals surface area contributed by atoms with Crippen molar-refractivity contribution in [2.45, 2.75) is 6.92 Å². The molecule has 0 aliphatic rings. The van der Waals surface area contributed by atoms with Crippen LogP contribution in [0.2, 0.25) is 5.02 Å². The van der Waals surface area contributed by atoms with Gasteiger partial charge in [-0.1, -0.05) is 11.6 Å². The molecule has 0 aliphatic heterocycles. The average Bonchev–Trinajstić information content (AvgIpc) is 2.20. The Labute approximate surface area is 92.4 Å². The summed E-state index contributed by atoms with van der Waals surface area (Å²) in [5.41, 5.74) is 0.00111. The lowest BCUT2D eigenvalue weighted by atomic mass is 10.2. The highest BCUT2D eigenvalue weighted by molar-refractivity contribution is 6.32. The highest BCUT2D eigenvalue weighted by Gasteiger charge is 2.16. The van der Waals surface area contributed by atoms with Gasteiger partial charge in [-0.25, -0.2) is 4.79 Å². The zero-order valence-corrected chi connectivity index (χ0v) is 9.17. The number of benzene rings is 1. The third-order valence-electron chi connectivity index (χ3n) is 1.77. The maximum Gasteiger partial charge on any atom is 0.339 e. The quantitative estimate of drug-likeness (QED) is 0.863. The summed E-state index contributed by atoms with van der Waals surface area (Å²) in [6.07, 6.45) is 0. The van der Waals surface area contributed by atoms with E-state index in [0.717, 1.165) is 0 Å². The fourth-order valence-electron chi connectivity index (χ4n) is 1.14. The van der Waals surface area contributed by atoms with Gasteiger partial charge in [-0.3, -0.25) is 0 Å². The highest BCUT2D eigenvalue weighted by Crippen LogP contribution is 2.33. The molecule has 5 heteroatoms. The van der Waals surface area contributed by atoms with Crippen molar-refractivity contribution in [3.8, 4) is 11.5 Å². The number of aromatic carboxylic acids is 1. The van der Waals surface area contributed by atoms with Crippen molar-refractivity contribution in [1.29, 1.82) is 0 Å². The number of carboxylic acids is 1. The van der Waals surface area contributed by atoms with Gasteiger partial charge in [-0.15, -0.1) is 0 Å². The molecule has 1 aromatic carbocycles. The first-order valence-corrected chi connectivity index (χ1v) is 4.71. The number of hydrogen-bond acceptors (Lipinski definition) is 3. The van der Waals surface area contributed by atoms with E-state index < -0.39 is 5.97 Å². The number of hydrogen-bond donors (Lipinski definition) is 1. The van der Waals surface area contributed by atoms with Crippen LogP contribution in [0.5, 0.6) is 11.5 Å². The molecule has 15 heavy (non-hydrogen) atoms. The van der Waals surface area contributed by atoms with E-state index in [1.54, 1.807) is 6.92 Å². The summed E-state index contributed by atoms with van der Waals surface area (Å²) >= 11 is 5.87. The summed E-state index contributed by atoms with van der Waals surface area (Å²) in [5, 5.41) is 9.17. The third-order valence-corrected chi connectivity index (χ3v) is 2.05. The Balaban J connectivity index is 3.28. The van der Waals surface area contributed by atoms with Crippen LogP contribution in [-0.2, 0) is 0 Å². The van der Waals surface area contributed by atoms with E-state index >= 15 is 0 Å². The lowest BCUT2D eigenvalue weighted by molar-refractivity contribution is 0.0692. The molecule has 1 rings (SSSR count). The molecule has 0 saturated carbocycles.